The Hall–Kier alpha value is -4.20. The van der Waals surface area contributed by atoms with Gasteiger partial charge < -0.3 is 19.0 Å². The van der Waals surface area contributed by atoms with Gasteiger partial charge in [0.05, 0.1) is 12.7 Å². The number of nitrogens with zero attached hydrogens (tertiary/aromatic N) is 2. The van der Waals surface area contributed by atoms with Gasteiger partial charge in [-0.3, -0.25) is 9.59 Å². The Morgan fingerprint density at radius 2 is 1.83 bits per heavy atom. The molecule has 1 amide bonds. The van der Waals surface area contributed by atoms with Gasteiger partial charge in [0.2, 0.25) is 11.7 Å². The van der Waals surface area contributed by atoms with Gasteiger partial charge in [-0.1, -0.05) is 23.4 Å². The van der Waals surface area contributed by atoms with E-state index in [-0.39, 0.29) is 5.91 Å². The monoisotopic (exact) mass is 403 g/mol. The molecular formula is C22H17N3O5. The number of nitrogens with one attached hydrogen (secondary N) is 1. The first-order valence-electron chi connectivity index (χ1n) is 9.13. The molecule has 2 heterocycles. The minimum Gasteiger partial charge on any atom is -0.461 e. The number of carbonyl (C=O) groups excluding carboxylic acids is 2. The van der Waals surface area contributed by atoms with E-state index in [1.807, 2.05) is 18.2 Å². The van der Waals surface area contributed by atoms with Crippen molar-refractivity contribution in [3.8, 4) is 17.3 Å². The largest absolute Gasteiger partial charge is 0.461 e. The molecule has 150 valence electrons. The molecule has 0 radical (unpaired) electrons. The zero-order valence-corrected chi connectivity index (χ0v) is 16.0. The molecule has 0 spiro atoms. The van der Waals surface area contributed by atoms with E-state index >= 15 is 0 Å². The zero-order chi connectivity index (χ0) is 20.9. The number of hydrogen-bond acceptors (Lipinski definition) is 7. The lowest BCUT2D eigenvalue weighted by Gasteiger charge is -2.10. The van der Waals surface area contributed by atoms with Crippen LogP contribution in [0.25, 0.3) is 11.6 Å². The highest BCUT2D eigenvalue weighted by molar-refractivity contribution is 6.04. The number of hydrogen-bond donors (Lipinski definition) is 1. The quantitative estimate of drug-likeness (QED) is 0.381. The second-order valence-corrected chi connectivity index (χ2v) is 6.40. The van der Waals surface area contributed by atoms with E-state index in [0.717, 1.165) is 5.56 Å². The summed E-state index contributed by atoms with van der Waals surface area (Å²) in [6, 6.07) is 17.2. The molecule has 30 heavy (non-hydrogen) atoms. The van der Waals surface area contributed by atoms with Crippen LogP contribution in [-0.2, 0) is 11.2 Å². The number of amides is 1. The van der Waals surface area contributed by atoms with Crippen molar-refractivity contribution < 1.29 is 23.3 Å². The van der Waals surface area contributed by atoms with Crippen LogP contribution in [0.5, 0.6) is 5.75 Å². The number of aromatic nitrogens is 2. The number of ether oxygens (including phenoxy) is 1. The third kappa shape index (κ3) is 4.44. The van der Waals surface area contributed by atoms with Crippen molar-refractivity contribution >= 4 is 17.6 Å². The van der Waals surface area contributed by atoms with Gasteiger partial charge in [-0.15, -0.1) is 0 Å². The first-order chi connectivity index (χ1) is 14.6. The smallest absolute Gasteiger partial charge is 0.308 e. The maximum Gasteiger partial charge on any atom is 0.308 e. The number of para-hydroxylation sites is 1. The van der Waals surface area contributed by atoms with E-state index in [1.54, 1.807) is 42.5 Å². The molecule has 1 N–H and O–H groups in total. The van der Waals surface area contributed by atoms with Gasteiger partial charge in [0.15, 0.2) is 5.76 Å². The second kappa shape index (κ2) is 8.44. The fourth-order valence-electron chi connectivity index (χ4n) is 2.83. The van der Waals surface area contributed by atoms with Gasteiger partial charge in [-0.2, -0.15) is 4.98 Å². The van der Waals surface area contributed by atoms with E-state index in [0.29, 0.717) is 40.9 Å². The molecule has 0 saturated heterocycles. The zero-order valence-electron chi connectivity index (χ0n) is 16.0. The van der Waals surface area contributed by atoms with Crippen molar-refractivity contribution in [2.24, 2.45) is 0 Å². The average Bonchev–Trinajstić information content (AvgIpc) is 3.41. The molecule has 8 heteroatoms. The molecular weight excluding hydrogens is 386 g/mol. The van der Waals surface area contributed by atoms with Crippen LogP contribution in [0.4, 0.5) is 5.69 Å². The van der Waals surface area contributed by atoms with Gasteiger partial charge in [0.1, 0.15) is 5.75 Å². The fraction of sp³-hybridized carbons (Fsp3) is 0.0909. The van der Waals surface area contributed by atoms with E-state index in [9.17, 15) is 9.59 Å². The lowest BCUT2D eigenvalue weighted by atomic mass is 10.1. The van der Waals surface area contributed by atoms with Crippen LogP contribution in [0.15, 0.2) is 75.9 Å². The number of esters is 1. The molecule has 2 aromatic carbocycles. The molecule has 0 atom stereocenters. The summed E-state index contributed by atoms with van der Waals surface area (Å²) >= 11 is 0. The SMILES string of the molecule is CC(=O)Oc1ccc(C(=O)Nc2ccccc2Cc2nc(-c3ccco3)no2)cc1. The molecule has 4 aromatic rings. The summed E-state index contributed by atoms with van der Waals surface area (Å²) < 4.78 is 15.6. The summed E-state index contributed by atoms with van der Waals surface area (Å²) in [4.78, 5) is 28.0. The lowest BCUT2D eigenvalue weighted by Crippen LogP contribution is -2.13. The Labute approximate surface area is 171 Å². The molecule has 0 aliphatic carbocycles. The molecule has 0 fully saturated rings. The summed E-state index contributed by atoms with van der Waals surface area (Å²) in [6.07, 6.45) is 1.88. The van der Waals surface area contributed by atoms with Gasteiger partial charge in [-0.05, 0) is 48.0 Å². The highest BCUT2D eigenvalue weighted by Crippen LogP contribution is 2.22. The highest BCUT2D eigenvalue weighted by Gasteiger charge is 2.14. The van der Waals surface area contributed by atoms with E-state index in [4.69, 9.17) is 13.7 Å². The summed E-state index contributed by atoms with van der Waals surface area (Å²) in [5.74, 6) is 0.946. The molecule has 0 aliphatic rings. The fourth-order valence-corrected chi connectivity index (χ4v) is 2.83. The van der Waals surface area contributed by atoms with Crippen LogP contribution in [0.3, 0.4) is 0 Å². The van der Waals surface area contributed by atoms with Crippen LogP contribution >= 0.6 is 0 Å². The Bertz CT molecular complexity index is 1160. The second-order valence-electron chi connectivity index (χ2n) is 6.40. The minimum absolute atomic E-state index is 0.293. The van der Waals surface area contributed by atoms with Crippen molar-refractivity contribution in [1.82, 2.24) is 10.1 Å². The maximum atomic E-state index is 12.6. The third-order valence-electron chi connectivity index (χ3n) is 4.19. The molecule has 0 bridgehead atoms. The average molecular weight is 403 g/mol. The molecule has 8 nitrogen and oxygen atoms in total. The molecule has 0 aliphatic heterocycles. The number of furan rings is 1. The standard InChI is InChI=1S/C22H17N3O5/c1-14(26)29-17-10-8-15(9-11-17)22(27)23-18-6-3-2-5-16(18)13-20-24-21(25-30-20)19-7-4-12-28-19/h2-12H,13H2,1H3,(H,23,27). The Balaban J connectivity index is 1.48. The summed E-state index contributed by atoms with van der Waals surface area (Å²) in [6.45, 7) is 1.32. The van der Waals surface area contributed by atoms with Crippen molar-refractivity contribution in [1.29, 1.82) is 0 Å². The van der Waals surface area contributed by atoms with Gasteiger partial charge >= 0.3 is 5.97 Å². The number of carbonyl (C=O) groups is 2. The predicted octanol–water partition coefficient (Wildman–Crippen LogP) is 4.10. The first-order valence-corrected chi connectivity index (χ1v) is 9.13. The van der Waals surface area contributed by atoms with Crippen LogP contribution < -0.4 is 10.1 Å². The van der Waals surface area contributed by atoms with Crippen LogP contribution in [0.1, 0.15) is 28.7 Å². The molecule has 0 unspecified atom stereocenters. The van der Waals surface area contributed by atoms with Gasteiger partial charge in [-0.25, -0.2) is 0 Å². The highest BCUT2D eigenvalue weighted by atomic mass is 16.5. The topological polar surface area (TPSA) is 107 Å². The maximum absolute atomic E-state index is 12.6. The first kappa shape index (κ1) is 19.1. The third-order valence-corrected chi connectivity index (χ3v) is 4.19. The van der Waals surface area contributed by atoms with Crippen molar-refractivity contribution in [2.45, 2.75) is 13.3 Å². The summed E-state index contributed by atoms with van der Waals surface area (Å²) in [5.41, 5.74) is 1.87. The lowest BCUT2D eigenvalue weighted by molar-refractivity contribution is -0.131. The van der Waals surface area contributed by atoms with E-state index in [1.165, 1.54) is 13.2 Å². The minimum atomic E-state index is -0.419. The molecule has 2 aromatic heterocycles. The summed E-state index contributed by atoms with van der Waals surface area (Å²) in [7, 11) is 0. The van der Waals surface area contributed by atoms with Crippen LogP contribution in [0.2, 0.25) is 0 Å². The van der Waals surface area contributed by atoms with Gasteiger partial charge in [0, 0.05) is 18.2 Å². The predicted molar refractivity (Wildman–Crippen MR) is 107 cm³/mol. The number of anilines is 1. The number of benzene rings is 2. The Morgan fingerprint density at radius 3 is 2.57 bits per heavy atom. The number of rotatable bonds is 6. The Morgan fingerprint density at radius 1 is 1.03 bits per heavy atom. The van der Waals surface area contributed by atoms with E-state index < -0.39 is 5.97 Å². The van der Waals surface area contributed by atoms with Crippen molar-refractivity contribution in [3.63, 3.8) is 0 Å². The van der Waals surface area contributed by atoms with Crippen molar-refractivity contribution in [2.75, 3.05) is 5.32 Å². The van der Waals surface area contributed by atoms with Crippen molar-refractivity contribution in [3.05, 3.63) is 83.9 Å². The summed E-state index contributed by atoms with van der Waals surface area (Å²) in [5, 5.41) is 6.81. The van der Waals surface area contributed by atoms with Gasteiger partial charge in [0.25, 0.3) is 5.91 Å². The van der Waals surface area contributed by atoms with Crippen LogP contribution in [-0.4, -0.2) is 22.0 Å². The Kier molecular flexibility index (Phi) is 5.38. The molecule has 4 rings (SSSR count). The molecule has 0 saturated carbocycles. The van der Waals surface area contributed by atoms with Crippen LogP contribution in [0, 0.1) is 0 Å². The van der Waals surface area contributed by atoms with E-state index in [2.05, 4.69) is 15.5 Å². The normalized spacial score (nSPS) is 10.6.